The van der Waals surface area contributed by atoms with Crippen LogP contribution in [0.25, 0.3) is 0 Å². The van der Waals surface area contributed by atoms with Gasteiger partial charge in [-0.15, -0.1) is 0 Å². The quantitative estimate of drug-likeness (QED) is 0.711. The molecule has 0 saturated carbocycles. The molecule has 0 spiro atoms. The van der Waals surface area contributed by atoms with Gasteiger partial charge in [0, 0.05) is 11.8 Å². The summed E-state index contributed by atoms with van der Waals surface area (Å²) in [5.74, 6) is 0.881. The average Bonchev–Trinajstić information content (AvgIpc) is 2.20. The van der Waals surface area contributed by atoms with Crippen molar-refractivity contribution in [2.45, 2.75) is 13.0 Å². The smallest absolute Gasteiger partial charge is 0.252 e. The Morgan fingerprint density at radius 1 is 1.69 bits per heavy atom. The summed E-state index contributed by atoms with van der Waals surface area (Å²) in [5.41, 5.74) is 11.6. The standard InChI is InChI=1S/C10H16N4OS/c1-6(5-16-2)14-10-8(9(12)15)3-7(11)4-13-10/h3-4,6H,5,11H2,1-2H3,(H2,12,15)(H,13,14). The second kappa shape index (κ2) is 5.60. The summed E-state index contributed by atoms with van der Waals surface area (Å²) < 4.78 is 0. The van der Waals surface area contributed by atoms with Gasteiger partial charge in [0.15, 0.2) is 0 Å². The van der Waals surface area contributed by atoms with Crippen LogP contribution in [0, 0.1) is 0 Å². The molecule has 0 fully saturated rings. The summed E-state index contributed by atoms with van der Waals surface area (Å²) in [4.78, 5) is 15.3. The summed E-state index contributed by atoms with van der Waals surface area (Å²) in [7, 11) is 0. The Morgan fingerprint density at radius 2 is 2.38 bits per heavy atom. The van der Waals surface area contributed by atoms with E-state index in [-0.39, 0.29) is 6.04 Å². The van der Waals surface area contributed by atoms with Gasteiger partial charge in [0.25, 0.3) is 5.91 Å². The fourth-order valence-electron chi connectivity index (χ4n) is 1.31. The molecule has 88 valence electrons. The SMILES string of the molecule is CSCC(C)Nc1ncc(N)cc1C(N)=O. The predicted molar refractivity (Wildman–Crippen MR) is 68.6 cm³/mol. The van der Waals surface area contributed by atoms with Gasteiger partial charge in [0.05, 0.1) is 17.4 Å². The van der Waals surface area contributed by atoms with E-state index in [0.717, 1.165) is 5.75 Å². The lowest BCUT2D eigenvalue weighted by atomic mass is 10.2. The topological polar surface area (TPSA) is 94.0 Å². The molecule has 0 bridgehead atoms. The van der Waals surface area contributed by atoms with Crippen molar-refractivity contribution in [3.63, 3.8) is 0 Å². The van der Waals surface area contributed by atoms with E-state index in [1.807, 2.05) is 13.2 Å². The third kappa shape index (κ3) is 3.30. The lowest BCUT2D eigenvalue weighted by Gasteiger charge is -2.15. The Morgan fingerprint density at radius 3 is 2.94 bits per heavy atom. The molecule has 6 heteroatoms. The number of anilines is 2. The van der Waals surface area contributed by atoms with Crippen molar-refractivity contribution in [3.05, 3.63) is 17.8 Å². The Labute approximate surface area is 99.0 Å². The molecule has 0 aliphatic heterocycles. The van der Waals surface area contributed by atoms with Gasteiger partial charge >= 0.3 is 0 Å². The highest BCUT2D eigenvalue weighted by Gasteiger charge is 2.12. The van der Waals surface area contributed by atoms with Crippen LogP contribution in [-0.4, -0.2) is 28.9 Å². The van der Waals surface area contributed by atoms with E-state index < -0.39 is 5.91 Å². The van der Waals surface area contributed by atoms with Crippen LogP contribution in [0.15, 0.2) is 12.3 Å². The number of thioether (sulfide) groups is 1. The Bertz CT molecular complexity index is 383. The maximum Gasteiger partial charge on any atom is 0.252 e. The van der Waals surface area contributed by atoms with Gasteiger partial charge in [-0.2, -0.15) is 11.8 Å². The van der Waals surface area contributed by atoms with Crippen molar-refractivity contribution in [3.8, 4) is 0 Å². The maximum absolute atomic E-state index is 11.2. The number of amides is 1. The first kappa shape index (κ1) is 12.6. The van der Waals surface area contributed by atoms with E-state index >= 15 is 0 Å². The van der Waals surface area contributed by atoms with E-state index in [4.69, 9.17) is 11.5 Å². The number of aromatic nitrogens is 1. The number of hydrogen-bond acceptors (Lipinski definition) is 5. The third-order valence-corrected chi connectivity index (χ3v) is 2.81. The molecule has 0 saturated heterocycles. The number of nitrogen functional groups attached to an aromatic ring is 1. The molecule has 5 N–H and O–H groups in total. The highest BCUT2D eigenvalue weighted by atomic mass is 32.2. The average molecular weight is 240 g/mol. The lowest BCUT2D eigenvalue weighted by molar-refractivity contribution is 0.100. The van der Waals surface area contributed by atoms with Gasteiger partial charge in [-0.05, 0) is 19.2 Å². The van der Waals surface area contributed by atoms with Crippen LogP contribution in [0.3, 0.4) is 0 Å². The second-order valence-corrected chi connectivity index (χ2v) is 4.44. The third-order valence-electron chi connectivity index (χ3n) is 1.97. The highest BCUT2D eigenvalue weighted by molar-refractivity contribution is 7.98. The molecular weight excluding hydrogens is 224 g/mol. The molecule has 1 aromatic heterocycles. The first-order valence-corrected chi connectivity index (χ1v) is 6.24. The molecule has 0 radical (unpaired) electrons. The minimum atomic E-state index is -0.529. The van der Waals surface area contributed by atoms with E-state index in [1.165, 1.54) is 12.3 Å². The summed E-state index contributed by atoms with van der Waals surface area (Å²) in [6, 6.07) is 1.74. The molecule has 0 aromatic carbocycles. The molecule has 1 amide bonds. The van der Waals surface area contributed by atoms with Crippen LogP contribution in [0.5, 0.6) is 0 Å². The minimum absolute atomic E-state index is 0.212. The van der Waals surface area contributed by atoms with E-state index in [0.29, 0.717) is 17.1 Å². The molecule has 1 atom stereocenters. The highest BCUT2D eigenvalue weighted by Crippen LogP contribution is 2.16. The summed E-state index contributed by atoms with van der Waals surface area (Å²) in [6.45, 7) is 2.01. The minimum Gasteiger partial charge on any atom is -0.397 e. The monoisotopic (exact) mass is 240 g/mol. The first-order valence-electron chi connectivity index (χ1n) is 4.85. The van der Waals surface area contributed by atoms with Crippen molar-refractivity contribution in [1.29, 1.82) is 0 Å². The van der Waals surface area contributed by atoms with Gasteiger partial charge in [-0.3, -0.25) is 4.79 Å². The van der Waals surface area contributed by atoms with Gasteiger partial charge < -0.3 is 16.8 Å². The number of pyridine rings is 1. The molecule has 1 aromatic rings. The van der Waals surface area contributed by atoms with Crippen LogP contribution in [0.1, 0.15) is 17.3 Å². The molecule has 1 heterocycles. The molecule has 1 unspecified atom stereocenters. The molecule has 5 nitrogen and oxygen atoms in total. The fraction of sp³-hybridized carbons (Fsp3) is 0.400. The van der Waals surface area contributed by atoms with Crippen molar-refractivity contribution in [1.82, 2.24) is 4.98 Å². The van der Waals surface area contributed by atoms with Gasteiger partial charge in [0.1, 0.15) is 5.82 Å². The zero-order valence-corrected chi connectivity index (χ0v) is 10.2. The second-order valence-electron chi connectivity index (χ2n) is 3.53. The number of carbonyl (C=O) groups excluding carboxylic acids is 1. The number of nitrogens with zero attached hydrogens (tertiary/aromatic N) is 1. The van der Waals surface area contributed by atoms with E-state index in [1.54, 1.807) is 11.8 Å². The zero-order chi connectivity index (χ0) is 12.1. The van der Waals surface area contributed by atoms with Crippen LogP contribution in [0.2, 0.25) is 0 Å². The van der Waals surface area contributed by atoms with Crippen molar-refractivity contribution >= 4 is 29.2 Å². The number of hydrogen-bond donors (Lipinski definition) is 3. The van der Waals surface area contributed by atoms with Crippen molar-refractivity contribution < 1.29 is 4.79 Å². The van der Waals surface area contributed by atoms with Crippen LogP contribution >= 0.6 is 11.8 Å². The fourth-order valence-corrected chi connectivity index (χ4v) is 1.89. The number of carbonyl (C=O) groups is 1. The van der Waals surface area contributed by atoms with Crippen molar-refractivity contribution in [2.75, 3.05) is 23.1 Å². The zero-order valence-electron chi connectivity index (χ0n) is 9.36. The van der Waals surface area contributed by atoms with Crippen LogP contribution < -0.4 is 16.8 Å². The Kier molecular flexibility index (Phi) is 4.42. The molecule has 0 aliphatic carbocycles. The summed E-state index contributed by atoms with van der Waals surface area (Å²) >= 11 is 1.72. The van der Waals surface area contributed by atoms with Gasteiger partial charge in [-0.1, -0.05) is 0 Å². The largest absolute Gasteiger partial charge is 0.397 e. The number of rotatable bonds is 5. The molecule has 0 aliphatic rings. The maximum atomic E-state index is 11.2. The van der Waals surface area contributed by atoms with Gasteiger partial charge in [-0.25, -0.2) is 4.98 Å². The van der Waals surface area contributed by atoms with Gasteiger partial charge in [0.2, 0.25) is 0 Å². The molecular formula is C10H16N4OS. The number of nitrogens with two attached hydrogens (primary N) is 2. The van der Waals surface area contributed by atoms with Crippen LogP contribution in [-0.2, 0) is 0 Å². The van der Waals surface area contributed by atoms with Crippen molar-refractivity contribution in [2.24, 2.45) is 5.73 Å². The van der Waals surface area contributed by atoms with E-state index in [2.05, 4.69) is 10.3 Å². The Hall–Kier alpha value is -1.43. The Balaban J connectivity index is 2.90. The summed E-state index contributed by atoms with van der Waals surface area (Å²) in [6.07, 6.45) is 3.52. The van der Waals surface area contributed by atoms with Crippen LogP contribution in [0.4, 0.5) is 11.5 Å². The van der Waals surface area contributed by atoms with E-state index in [9.17, 15) is 4.79 Å². The molecule has 1 rings (SSSR count). The number of nitrogens with one attached hydrogen (secondary N) is 1. The summed E-state index contributed by atoms with van der Waals surface area (Å²) in [5, 5.41) is 3.13. The predicted octanol–water partition coefficient (Wildman–Crippen LogP) is 0.926. The first-order chi connectivity index (χ1) is 7.54. The molecule has 16 heavy (non-hydrogen) atoms. The lowest BCUT2D eigenvalue weighted by Crippen LogP contribution is -2.22. The number of primary amides is 1. The normalized spacial score (nSPS) is 12.1.